The summed E-state index contributed by atoms with van der Waals surface area (Å²) in [6.07, 6.45) is 3.41. The van der Waals surface area contributed by atoms with E-state index in [-0.39, 0.29) is 24.3 Å². The minimum absolute atomic E-state index is 0.0201. The number of nitrogens with zero attached hydrogens (tertiary/aromatic N) is 1. The van der Waals surface area contributed by atoms with Crippen LogP contribution in [0.25, 0.3) is 6.08 Å². The molecule has 7 nitrogen and oxygen atoms in total. The average Bonchev–Trinajstić information content (AvgIpc) is 3.12. The highest BCUT2D eigenvalue weighted by atomic mass is 16.5. The maximum absolute atomic E-state index is 12.4. The van der Waals surface area contributed by atoms with Gasteiger partial charge in [0.25, 0.3) is 0 Å². The molecule has 3 rings (SSSR count). The van der Waals surface area contributed by atoms with E-state index >= 15 is 0 Å². The molecule has 0 spiro atoms. The molecule has 0 bridgehead atoms. The fourth-order valence-corrected chi connectivity index (χ4v) is 3.32. The highest BCUT2D eigenvalue weighted by Gasteiger charge is 2.31. The van der Waals surface area contributed by atoms with Gasteiger partial charge in [-0.25, -0.2) is 0 Å². The van der Waals surface area contributed by atoms with Gasteiger partial charge >= 0.3 is 0 Å². The van der Waals surface area contributed by atoms with Crippen LogP contribution in [0.5, 0.6) is 17.2 Å². The highest BCUT2D eigenvalue weighted by molar-refractivity contribution is 5.98. The van der Waals surface area contributed by atoms with Crippen LogP contribution in [-0.4, -0.2) is 45.2 Å². The molecule has 1 N–H and O–H groups in total. The lowest BCUT2D eigenvalue weighted by Gasteiger charge is -2.17. The predicted octanol–water partition coefficient (Wildman–Crippen LogP) is 3.04. The van der Waals surface area contributed by atoms with Crippen LogP contribution in [0.1, 0.15) is 18.9 Å². The minimum Gasteiger partial charge on any atom is -0.494 e. The van der Waals surface area contributed by atoms with Gasteiger partial charge in [-0.1, -0.05) is 6.07 Å². The van der Waals surface area contributed by atoms with Crippen molar-refractivity contribution in [1.29, 1.82) is 0 Å². The number of nitrogens with one attached hydrogen (secondary N) is 1. The highest BCUT2D eigenvalue weighted by Crippen LogP contribution is 2.28. The lowest BCUT2D eigenvalue weighted by atomic mass is 10.2. The second-order valence-electron chi connectivity index (χ2n) is 6.79. The summed E-state index contributed by atoms with van der Waals surface area (Å²) in [5.41, 5.74) is 1.60. The van der Waals surface area contributed by atoms with Crippen LogP contribution in [-0.2, 0) is 9.59 Å². The van der Waals surface area contributed by atoms with Crippen LogP contribution in [0.15, 0.2) is 48.5 Å². The molecule has 2 aromatic carbocycles. The van der Waals surface area contributed by atoms with Gasteiger partial charge in [0.1, 0.15) is 5.75 Å². The molecule has 30 heavy (non-hydrogen) atoms. The van der Waals surface area contributed by atoms with E-state index in [2.05, 4.69) is 5.32 Å². The van der Waals surface area contributed by atoms with Crippen molar-refractivity contribution in [2.45, 2.75) is 19.4 Å². The fraction of sp³-hybridized carbons (Fsp3) is 0.304. The van der Waals surface area contributed by atoms with E-state index in [1.54, 1.807) is 37.3 Å². The maximum atomic E-state index is 12.4. The third-order valence-corrected chi connectivity index (χ3v) is 4.77. The van der Waals surface area contributed by atoms with Crippen LogP contribution in [0.3, 0.4) is 0 Å². The summed E-state index contributed by atoms with van der Waals surface area (Å²) in [7, 11) is 3.13. The van der Waals surface area contributed by atoms with E-state index in [4.69, 9.17) is 14.2 Å². The van der Waals surface area contributed by atoms with Crippen molar-refractivity contribution < 1.29 is 23.8 Å². The van der Waals surface area contributed by atoms with E-state index in [0.717, 1.165) is 17.0 Å². The fourth-order valence-electron chi connectivity index (χ4n) is 3.32. The average molecular weight is 410 g/mol. The largest absolute Gasteiger partial charge is 0.494 e. The zero-order valence-corrected chi connectivity index (χ0v) is 17.4. The number of ether oxygens (including phenoxy) is 3. The molecule has 1 aliphatic rings. The topological polar surface area (TPSA) is 77.1 Å². The van der Waals surface area contributed by atoms with Crippen molar-refractivity contribution in [2.24, 2.45) is 0 Å². The summed E-state index contributed by atoms with van der Waals surface area (Å²) in [6, 6.07) is 12.5. The predicted molar refractivity (Wildman–Crippen MR) is 115 cm³/mol. The molecule has 1 saturated heterocycles. The number of methoxy groups -OCH3 is 2. The number of amides is 2. The first-order valence-electron chi connectivity index (χ1n) is 9.78. The van der Waals surface area contributed by atoms with Crippen molar-refractivity contribution in [3.63, 3.8) is 0 Å². The summed E-state index contributed by atoms with van der Waals surface area (Å²) < 4.78 is 15.9. The number of carbonyl (C=O) groups excluding carboxylic acids is 2. The molecule has 7 heteroatoms. The van der Waals surface area contributed by atoms with E-state index in [0.29, 0.717) is 24.7 Å². The lowest BCUT2D eigenvalue weighted by Crippen LogP contribution is -2.36. The van der Waals surface area contributed by atoms with Gasteiger partial charge < -0.3 is 24.4 Å². The smallest absolute Gasteiger partial charge is 0.244 e. The Hall–Kier alpha value is -3.48. The first-order chi connectivity index (χ1) is 14.5. The van der Waals surface area contributed by atoms with Gasteiger partial charge in [0.2, 0.25) is 11.8 Å². The molecule has 158 valence electrons. The second kappa shape index (κ2) is 9.82. The molecule has 1 atom stereocenters. The SMILES string of the molecule is CCOc1ccc(N2CC(NC(=O)/C=C\c3ccc(OC)c(OC)c3)CC2=O)cc1. The normalized spacial score (nSPS) is 16.0. The van der Waals surface area contributed by atoms with Crippen molar-refractivity contribution in [1.82, 2.24) is 5.32 Å². The molecule has 2 amide bonds. The Labute approximate surface area is 176 Å². The summed E-state index contributed by atoms with van der Waals surface area (Å²) in [5, 5.41) is 2.89. The molecule has 0 radical (unpaired) electrons. The van der Waals surface area contributed by atoms with Gasteiger partial charge in [0.15, 0.2) is 11.5 Å². The third kappa shape index (κ3) is 5.11. The molecule has 2 aromatic rings. The Morgan fingerprint density at radius 2 is 1.87 bits per heavy atom. The molecule has 0 aromatic heterocycles. The van der Waals surface area contributed by atoms with Gasteiger partial charge in [-0.3, -0.25) is 9.59 Å². The Morgan fingerprint density at radius 3 is 2.53 bits per heavy atom. The van der Waals surface area contributed by atoms with Crippen LogP contribution in [0.4, 0.5) is 5.69 Å². The molecule has 0 saturated carbocycles. The Bertz CT molecular complexity index is 924. The van der Waals surface area contributed by atoms with Gasteiger partial charge in [-0.05, 0) is 55.0 Å². The molecular weight excluding hydrogens is 384 g/mol. The standard InChI is InChI=1S/C23H26N2O5/c1-4-30-19-9-7-18(8-10-19)25-15-17(14-23(25)27)24-22(26)12-6-16-5-11-20(28-2)21(13-16)29-3/h5-13,17H,4,14-15H2,1-3H3,(H,24,26)/b12-6-. The van der Waals surface area contributed by atoms with E-state index < -0.39 is 0 Å². The molecule has 0 aliphatic carbocycles. The molecular formula is C23H26N2O5. The minimum atomic E-state index is -0.254. The zero-order chi connectivity index (χ0) is 21.5. The number of carbonyl (C=O) groups is 2. The number of anilines is 1. The van der Waals surface area contributed by atoms with Crippen LogP contribution >= 0.6 is 0 Å². The molecule has 1 fully saturated rings. The monoisotopic (exact) mass is 410 g/mol. The van der Waals surface area contributed by atoms with Crippen molar-refractivity contribution in [3.05, 3.63) is 54.1 Å². The summed E-state index contributed by atoms with van der Waals surface area (Å²) in [6.45, 7) is 2.94. The number of hydrogen-bond donors (Lipinski definition) is 1. The number of hydrogen-bond acceptors (Lipinski definition) is 5. The number of benzene rings is 2. The third-order valence-electron chi connectivity index (χ3n) is 4.77. The Balaban J connectivity index is 1.58. The van der Waals surface area contributed by atoms with Crippen LogP contribution in [0, 0.1) is 0 Å². The molecule has 1 unspecified atom stereocenters. The van der Waals surface area contributed by atoms with E-state index in [1.165, 1.54) is 6.08 Å². The summed E-state index contributed by atoms with van der Waals surface area (Å²) >= 11 is 0. The quantitative estimate of drug-likeness (QED) is 0.677. The first kappa shape index (κ1) is 21.2. The van der Waals surface area contributed by atoms with E-state index in [9.17, 15) is 9.59 Å². The van der Waals surface area contributed by atoms with Crippen molar-refractivity contribution >= 4 is 23.6 Å². The Morgan fingerprint density at radius 1 is 1.13 bits per heavy atom. The Kier molecular flexibility index (Phi) is 6.95. The van der Waals surface area contributed by atoms with Crippen molar-refractivity contribution in [2.75, 3.05) is 32.3 Å². The maximum Gasteiger partial charge on any atom is 0.244 e. The van der Waals surface area contributed by atoms with Gasteiger partial charge in [-0.2, -0.15) is 0 Å². The van der Waals surface area contributed by atoms with Crippen molar-refractivity contribution in [3.8, 4) is 17.2 Å². The van der Waals surface area contributed by atoms with Gasteiger partial charge in [0.05, 0.1) is 26.9 Å². The van der Waals surface area contributed by atoms with Crippen LogP contribution < -0.4 is 24.4 Å². The summed E-state index contributed by atoms with van der Waals surface area (Å²) in [4.78, 5) is 26.4. The molecule has 1 heterocycles. The second-order valence-corrected chi connectivity index (χ2v) is 6.79. The van der Waals surface area contributed by atoms with Gasteiger partial charge in [0, 0.05) is 24.7 Å². The zero-order valence-electron chi connectivity index (χ0n) is 17.4. The van der Waals surface area contributed by atoms with Gasteiger partial charge in [-0.15, -0.1) is 0 Å². The summed E-state index contributed by atoms with van der Waals surface area (Å²) in [5.74, 6) is 1.70. The van der Waals surface area contributed by atoms with E-state index in [1.807, 2.05) is 37.3 Å². The first-order valence-corrected chi connectivity index (χ1v) is 9.78. The van der Waals surface area contributed by atoms with Crippen LogP contribution in [0.2, 0.25) is 0 Å². The lowest BCUT2D eigenvalue weighted by molar-refractivity contribution is -0.117. The number of rotatable bonds is 8. The molecule has 1 aliphatic heterocycles.